The molecule has 1 aromatic heterocycles. The number of carbonyl (C=O) groups excluding carboxylic acids is 1. The molecule has 1 heterocycles. The number of ether oxygens (including phenoxy) is 4. The molecule has 3 rings (SSSR count). The van der Waals surface area contributed by atoms with Crippen LogP contribution in [0.15, 0.2) is 50.1 Å². The molecule has 0 aliphatic heterocycles. The van der Waals surface area contributed by atoms with E-state index in [-0.39, 0.29) is 13.2 Å². The van der Waals surface area contributed by atoms with Gasteiger partial charge in [0, 0.05) is 27.6 Å². The molecule has 3 aromatic rings. The highest BCUT2D eigenvalue weighted by Crippen LogP contribution is 2.34. The predicted octanol–water partition coefficient (Wildman–Crippen LogP) is 4.78. The Morgan fingerprint density at radius 2 is 1.71 bits per heavy atom. The Labute approximate surface area is 188 Å². The molecule has 0 amide bonds. The normalized spacial score (nSPS) is 10.7. The Bertz CT molecular complexity index is 1140. The van der Waals surface area contributed by atoms with Gasteiger partial charge in [0.1, 0.15) is 17.9 Å². The molecule has 0 bridgehead atoms. The van der Waals surface area contributed by atoms with Crippen LogP contribution in [0.25, 0.3) is 11.0 Å². The summed E-state index contributed by atoms with van der Waals surface area (Å²) in [6, 6.07) is 10.1. The fraction of sp³-hybridized carbons (Fsp3) is 0.304. The molecule has 0 aliphatic rings. The number of rotatable bonds is 9. The van der Waals surface area contributed by atoms with E-state index in [1.54, 1.807) is 30.3 Å². The van der Waals surface area contributed by atoms with Crippen LogP contribution in [0.1, 0.15) is 25.0 Å². The van der Waals surface area contributed by atoms with Crippen molar-refractivity contribution < 1.29 is 28.2 Å². The lowest BCUT2D eigenvalue weighted by molar-refractivity contribution is -0.147. The minimum Gasteiger partial charge on any atom is -0.490 e. The fourth-order valence-electron chi connectivity index (χ4n) is 2.96. The molecule has 0 radical (unpaired) electrons. The van der Waals surface area contributed by atoms with E-state index in [2.05, 4.69) is 15.9 Å². The highest BCUT2D eigenvalue weighted by Gasteiger charge is 2.13. The first-order valence-corrected chi connectivity index (χ1v) is 10.6. The average molecular weight is 491 g/mol. The molecule has 0 unspecified atom stereocenters. The second-order valence-corrected chi connectivity index (χ2v) is 7.47. The van der Waals surface area contributed by atoms with Crippen LogP contribution in [0, 0.1) is 6.92 Å². The smallest absolute Gasteiger partial charge is 0.344 e. The lowest BCUT2D eigenvalue weighted by atomic mass is 10.1. The molecule has 0 aliphatic carbocycles. The maximum absolute atomic E-state index is 12.2. The van der Waals surface area contributed by atoms with Crippen molar-refractivity contribution in [2.75, 3.05) is 19.8 Å². The van der Waals surface area contributed by atoms with Crippen molar-refractivity contribution >= 4 is 32.9 Å². The van der Waals surface area contributed by atoms with E-state index in [0.717, 1.165) is 21.0 Å². The number of halogens is 1. The largest absolute Gasteiger partial charge is 0.490 e. The number of benzene rings is 2. The van der Waals surface area contributed by atoms with Gasteiger partial charge < -0.3 is 23.4 Å². The quantitative estimate of drug-likeness (QED) is 0.315. The Balaban J connectivity index is 1.62. The van der Waals surface area contributed by atoms with E-state index in [1.165, 1.54) is 6.07 Å². The van der Waals surface area contributed by atoms with Gasteiger partial charge in [-0.25, -0.2) is 9.59 Å². The maximum Gasteiger partial charge on any atom is 0.344 e. The molecule has 31 heavy (non-hydrogen) atoms. The van der Waals surface area contributed by atoms with Gasteiger partial charge in [-0.3, -0.25) is 0 Å². The first kappa shape index (κ1) is 22.7. The topological polar surface area (TPSA) is 84.2 Å². The Kier molecular flexibility index (Phi) is 7.57. The van der Waals surface area contributed by atoms with Gasteiger partial charge in [-0.05, 0) is 50.6 Å². The molecule has 164 valence electrons. The number of aryl methyl sites for hydroxylation is 1. The summed E-state index contributed by atoms with van der Waals surface area (Å²) < 4.78 is 27.9. The molecule has 0 atom stereocenters. The first-order valence-electron chi connectivity index (χ1n) is 9.82. The summed E-state index contributed by atoms with van der Waals surface area (Å²) in [7, 11) is 0. The Morgan fingerprint density at radius 1 is 1.00 bits per heavy atom. The van der Waals surface area contributed by atoms with Crippen molar-refractivity contribution in [2.45, 2.75) is 27.4 Å². The molecule has 0 N–H and O–H groups in total. The van der Waals surface area contributed by atoms with Crippen molar-refractivity contribution in [3.63, 3.8) is 0 Å². The molecule has 0 saturated heterocycles. The second kappa shape index (κ2) is 10.3. The Morgan fingerprint density at radius 3 is 2.42 bits per heavy atom. The molecule has 0 saturated carbocycles. The third kappa shape index (κ3) is 5.79. The maximum atomic E-state index is 12.2. The summed E-state index contributed by atoms with van der Waals surface area (Å²) in [6.45, 7) is 6.36. The number of esters is 1. The zero-order valence-corrected chi connectivity index (χ0v) is 19.1. The fourth-order valence-corrected chi connectivity index (χ4v) is 3.40. The van der Waals surface area contributed by atoms with Gasteiger partial charge in [-0.2, -0.15) is 0 Å². The number of hydrogen-bond donors (Lipinski definition) is 0. The minimum atomic E-state index is -0.537. The van der Waals surface area contributed by atoms with Gasteiger partial charge in [-0.15, -0.1) is 0 Å². The minimum absolute atomic E-state index is 0.0427. The van der Waals surface area contributed by atoms with Crippen LogP contribution in [0.2, 0.25) is 0 Å². The zero-order valence-electron chi connectivity index (χ0n) is 17.5. The molecular formula is C23H23BrO7. The highest BCUT2D eigenvalue weighted by molar-refractivity contribution is 9.10. The van der Waals surface area contributed by atoms with Gasteiger partial charge >= 0.3 is 11.6 Å². The first-order chi connectivity index (χ1) is 14.9. The molecule has 7 nitrogen and oxygen atoms in total. The van der Waals surface area contributed by atoms with Crippen molar-refractivity contribution in [3.05, 3.63) is 62.4 Å². The summed E-state index contributed by atoms with van der Waals surface area (Å²) in [6.07, 6.45) is 0. The molecule has 0 spiro atoms. The summed E-state index contributed by atoms with van der Waals surface area (Å²) in [5.74, 6) is 1.07. The lowest BCUT2D eigenvalue weighted by Gasteiger charge is -2.14. The summed E-state index contributed by atoms with van der Waals surface area (Å²) in [4.78, 5) is 23.7. The monoisotopic (exact) mass is 490 g/mol. The third-order valence-corrected chi connectivity index (χ3v) is 5.12. The van der Waals surface area contributed by atoms with Crippen LogP contribution < -0.4 is 19.8 Å². The lowest BCUT2D eigenvalue weighted by Crippen LogP contribution is -2.15. The van der Waals surface area contributed by atoms with Crippen LogP contribution in [-0.4, -0.2) is 25.8 Å². The van der Waals surface area contributed by atoms with Gasteiger partial charge in [0.15, 0.2) is 18.1 Å². The van der Waals surface area contributed by atoms with Crippen molar-refractivity contribution in [3.8, 4) is 17.2 Å². The van der Waals surface area contributed by atoms with E-state index in [9.17, 15) is 9.59 Å². The Hall–Kier alpha value is -3.00. The SMILES string of the molecule is CCOc1cc(Br)c(COC(=O)COc2ccc3c(C)cc(=O)oc3c2)cc1OCC. The average Bonchev–Trinajstić information content (AvgIpc) is 2.73. The number of hydrogen-bond acceptors (Lipinski definition) is 7. The van der Waals surface area contributed by atoms with Crippen molar-refractivity contribution in [1.29, 1.82) is 0 Å². The van der Waals surface area contributed by atoms with Gasteiger partial charge in [0.05, 0.1) is 13.2 Å². The van der Waals surface area contributed by atoms with Crippen LogP contribution in [0.5, 0.6) is 17.2 Å². The summed E-state index contributed by atoms with van der Waals surface area (Å²) >= 11 is 3.47. The summed E-state index contributed by atoms with van der Waals surface area (Å²) in [5.41, 5.74) is 1.51. The summed E-state index contributed by atoms with van der Waals surface area (Å²) in [5, 5.41) is 0.806. The standard InChI is InChI=1S/C23H23BrO7/c1-4-27-20-9-15(18(24)11-21(20)28-5-2)12-30-23(26)13-29-16-6-7-17-14(3)8-22(25)31-19(17)10-16/h6-11H,4-5,12-13H2,1-3H3. The molecule has 0 fully saturated rings. The van der Waals surface area contributed by atoms with Crippen LogP contribution in [-0.2, 0) is 16.1 Å². The van der Waals surface area contributed by atoms with Gasteiger partial charge in [-0.1, -0.05) is 15.9 Å². The molecular weight excluding hydrogens is 468 g/mol. The molecule has 2 aromatic carbocycles. The predicted molar refractivity (Wildman–Crippen MR) is 119 cm³/mol. The second-order valence-electron chi connectivity index (χ2n) is 6.61. The zero-order chi connectivity index (χ0) is 22.4. The number of fused-ring (bicyclic) bond motifs is 1. The van der Waals surface area contributed by atoms with Gasteiger partial charge in [0.2, 0.25) is 0 Å². The van der Waals surface area contributed by atoms with E-state index < -0.39 is 11.6 Å². The number of carbonyl (C=O) groups is 1. The van der Waals surface area contributed by atoms with Crippen LogP contribution in [0.3, 0.4) is 0 Å². The van der Waals surface area contributed by atoms with Crippen molar-refractivity contribution in [2.24, 2.45) is 0 Å². The van der Waals surface area contributed by atoms with E-state index in [1.807, 2.05) is 20.8 Å². The van der Waals surface area contributed by atoms with E-state index in [4.69, 9.17) is 23.4 Å². The van der Waals surface area contributed by atoms with E-state index in [0.29, 0.717) is 36.0 Å². The van der Waals surface area contributed by atoms with Gasteiger partial charge in [0.25, 0.3) is 0 Å². The highest BCUT2D eigenvalue weighted by atomic mass is 79.9. The van der Waals surface area contributed by atoms with E-state index >= 15 is 0 Å². The van der Waals surface area contributed by atoms with Crippen LogP contribution in [0.4, 0.5) is 0 Å². The van der Waals surface area contributed by atoms with Crippen molar-refractivity contribution in [1.82, 2.24) is 0 Å². The van der Waals surface area contributed by atoms with Crippen LogP contribution >= 0.6 is 15.9 Å². The molecule has 8 heteroatoms. The third-order valence-electron chi connectivity index (χ3n) is 4.38.